The monoisotopic (exact) mass is 230 g/mol. The molecule has 0 aliphatic heterocycles. The van der Waals surface area contributed by atoms with Gasteiger partial charge in [0.25, 0.3) is 0 Å². The van der Waals surface area contributed by atoms with Gasteiger partial charge in [0.1, 0.15) is 19.0 Å². The molecule has 3 heteroatoms. The summed E-state index contributed by atoms with van der Waals surface area (Å²) in [5, 5.41) is 17.3. The number of rotatable bonds is 1. The number of aliphatic hydroxyl groups is 2. The first kappa shape index (κ1) is 13.1. The van der Waals surface area contributed by atoms with Gasteiger partial charge in [0.2, 0.25) is 0 Å². The zero-order valence-corrected chi connectivity index (χ0v) is 9.87. The number of aryl methyl sites for hydroxylation is 1. The second kappa shape index (κ2) is 6.60. The second-order valence-corrected chi connectivity index (χ2v) is 3.29. The van der Waals surface area contributed by atoms with Gasteiger partial charge in [-0.3, -0.25) is 0 Å². The minimum Gasteiger partial charge on any atom is -0.495 e. The molecule has 0 amide bonds. The molecular formula is C14H14O3. The second-order valence-electron chi connectivity index (χ2n) is 3.29. The van der Waals surface area contributed by atoms with Crippen LogP contribution in [0.15, 0.2) is 12.1 Å². The lowest BCUT2D eigenvalue weighted by Crippen LogP contribution is -1.93. The molecule has 0 aliphatic carbocycles. The Balaban J connectivity index is 3.24. The third-order valence-corrected chi connectivity index (χ3v) is 2.15. The summed E-state index contributed by atoms with van der Waals surface area (Å²) in [6.45, 7) is 1.55. The van der Waals surface area contributed by atoms with Crippen molar-refractivity contribution in [2.24, 2.45) is 0 Å². The first-order valence-electron chi connectivity index (χ1n) is 5.11. The summed E-state index contributed by atoms with van der Waals surface area (Å²) in [5.74, 6) is 11.4. The molecule has 0 heterocycles. The molecule has 0 atom stereocenters. The zero-order valence-electron chi connectivity index (χ0n) is 9.87. The van der Waals surface area contributed by atoms with Crippen LogP contribution in [0, 0.1) is 30.6 Å². The van der Waals surface area contributed by atoms with E-state index in [1.54, 1.807) is 13.2 Å². The summed E-state index contributed by atoms with van der Waals surface area (Å²) < 4.78 is 5.20. The molecule has 1 aromatic carbocycles. The van der Waals surface area contributed by atoms with Crippen molar-refractivity contribution in [3.8, 4) is 29.4 Å². The van der Waals surface area contributed by atoms with E-state index >= 15 is 0 Å². The highest BCUT2D eigenvalue weighted by Crippen LogP contribution is 2.22. The molecule has 1 rings (SSSR count). The van der Waals surface area contributed by atoms with E-state index < -0.39 is 0 Å². The molecule has 0 saturated carbocycles. The molecule has 0 aromatic heterocycles. The fourth-order valence-electron chi connectivity index (χ4n) is 1.36. The van der Waals surface area contributed by atoms with Crippen molar-refractivity contribution in [3.05, 3.63) is 28.8 Å². The van der Waals surface area contributed by atoms with E-state index in [-0.39, 0.29) is 13.2 Å². The lowest BCUT2D eigenvalue weighted by atomic mass is 10.0. The Bertz CT molecular complexity index is 510. The number of methoxy groups -OCH3 is 1. The molecule has 0 aliphatic rings. The normalized spacial score (nSPS) is 8.71. The quantitative estimate of drug-likeness (QED) is 0.698. The summed E-state index contributed by atoms with van der Waals surface area (Å²) in [7, 11) is 1.55. The van der Waals surface area contributed by atoms with Crippen LogP contribution < -0.4 is 4.74 Å². The highest BCUT2D eigenvalue weighted by atomic mass is 16.5. The Labute approximate surface area is 101 Å². The predicted octanol–water partition coefficient (Wildman–Crippen LogP) is 0.691. The van der Waals surface area contributed by atoms with Crippen molar-refractivity contribution < 1.29 is 14.9 Å². The standard InChI is InChI=1S/C14H14O3/c1-11-9-13(6-4-8-16)14(17-2)10-12(11)5-3-7-15/h9-10,15-16H,7-8H2,1-2H3. The Morgan fingerprint density at radius 1 is 1.06 bits per heavy atom. The first-order chi connectivity index (χ1) is 8.22. The van der Waals surface area contributed by atoms with E-state index in [2.05, 4.69) is 23.7 Å². The zero-order chi connectivity index (χ0) is 12.7. The molecular weight excluding hydrogens is 216 g/mol. The van der Waals surface area contributed by atoms with Gasteiger partial charge in [0, 0.05) is 5.56 Å². The molecule has 2 N–H and O–H groups in total. The van der Waals surface area contributed by atoms with Crippen LogP contribution in [0.5, 0.6) is 5.75 Å². The van der Waals surface area contributed by atoms with Crippen molar-refractivity contribution in [3.63, 3.8) is 0 Å². The molecule has 17 heavy (non-hydrogen) atoms. The summed E-state index contributed by atoms with van der Waals surface area (Å²) >= 11 is 0. The predicted molar refractivity (Wildman–Crippen MR) is 65.7 cm³/mol. The Kier molecular flexibility index (Phi) is 5.10. The maximum absolute atomic E-state index is 8.67. The van der Waals surface area contributed by atoms with Crippen molar-refractivity contribution >= 4 is 0 Å². The lowest BCUT2D eigenvalue weighted by Gasteiger charge is -2.06. The van der Waals surface area contributed by atoms with Crippen LogP contribution in [0.2, 0.25) is 0 Å². The lowest BCUT2D eigenvalue weighted by molar-refractivity contribution is 0.350. The van der Waals surface area contributed by atoms with E-state index in [0.717, 1.165) is 11.1 Å². The smallest absolute Gasteiger partial charge is 0.135 e. The van der Waals surface area contributed by atoms with Gasteiger partial charge in [-0.15, -0.1) is 0 Å². The molecule has 1 aromatic rings. The highest BCUT2D eigenvalue weighted by molar-refractivity contribution is 5.55. The van der Waals surface area contributed by atoms with Gasteiger partial charge >= 0.3 is 0 Å². The SMILES string of the molecule is COc1cc(C#CCO)c(C)cc1C#CCO. The molecule has 0 unspecified atom stereocenters. The van der Waals surface area contributed by atoms with E-state index in [9.17, 15) is 0 Å². The molecule has 0 spiro atoms. The van der Waals surface area contributed by atoms with Crippen LogP contribution in [0.3, 0.4) is 0 Å². The fraction of sp³-hybridized carbons (Fsp3) is 0.286. The first-order valence-corrected chi connectivity index (χ1v) is 5.11. The van der Waals surface area contributed by atoms with Crippen molar-refractivity contribution in [2.75, 3.05) is 20.3 Å². The molecule has 3 nitrogen and oxygen atoms in total. The van der Waals surface area contributed by atoms with Crippen molar-refractivity contribution in [1.82, 2.24) is 0 Å². The topological polar surface area (TPSA) is 49.7 Å². The number of ether oxygens (including phenoxy) is 1. The molecule has 88 valence electrons. The van der Waals surface area contributed by atoms with E-state index in [4.69, 9.17) is 14.9 Å². The van der Waals surface area contributed by atoms with Gasteiger partial charge in [-0.1, -0.05) is 23.7 Å². The third kappa shape index (κ3) is 3.53. The average Bonchev–Trinajstić information content (AvgIpc) is 2.35. The van der Waals surface area contributed by atoms with Gasteiger partial charge in [-0.2, -0.15) is 0 Å². The molecule has 0 bridgehead atoms. The van der Waals surface area contributed by atoms with E-state index in [0.29, 0.717) is 11.3 Å². The Hall–Kier alpha value is -1.94. The van der Waals surface area contributed by atoms with Crippen LogP contribution in [0.25, 0.3) is 0 Å². The van der Waals surface area contributed by atoms with Gasteiger partial charge in [-0.25, -0.2) is 0 Å². The van der Waals surface area contributed by atoms with Crippen LogP contribution in [-0.2, 0) is 0 Å². The maximum Gasteiger partial charge on any atom is 0.135 e. The number of hydrogen-bond donors (Lipinski definition) is 2. The summed E-state index contributed by atoms with van der Waals surface area (Å²) in [4.78, 5) is 0. The summed E-state index contributed by atoms with van der Waals surface area (Å²) in [6.07, 6.45) is 0. The number of hydrogen-bond acceptors (Lipinski definition) is 3. The number of aliphatic hydroxyl groups excluding tert-OH is 2. The fourth-order valence-corrected chi connectivity index (χ4v) is 1.36. The third-order valence-electron chi connectivity index (χ3n) is 2.15. The van der Waals surface area contributed by atoms with Gasteiger partial charge in [0.15, 0.2) is 0 Å². The van der Waals surface area contributed by atoms with Crippen LogP contribution >= 0.6 is 0 Å². The maximum atomic E-state index is 8.67. The van der Waals surface area contributed by atoms with Gasteiger partial charge in [0.05, 0.1) is 12.7 Å². The average molecular weight is 230 g/mol. The van der Waals surface area contributed by atoms with Crippen molar-refractivity contribution in [2.45, 2.75) is 6.92 Å². The summed E-state index contributed by atoms with van der Waals surface area (Å²) in [5.41, 5.74) is 2.47. The van der Waals surface area contributed by atoms with E-state index in [1.807, 2.05) is 13.0 Å². The largest absolute Gasteiger partial charge is 0.495 e. The van der Waals surface area contributed by atoms with Crippen LogP contribution in [-0.4, -0.2) is 30.5 Å². The van der Waals surface area contributed by atoms with Gasteiger partial charge in [-0.05, 0) is 24.6 Å². The molecule has 0 fully saturated rings. The van der Waals surface area contributed by atoms with Crippen molar-refractivity contribution in [1.29, 1.82) is 0 Å². The minimum atomic E-state index is -0.186. The van der Waals surface area contributed by atoms with Crippen LogP contribution in [0.1, 0.15) is 16.7 Å². The Morgan fingerprint density at radius 3 is 2.18 bits per heavy atom. The summed E-state index contributed by atoms with van der Waals surface area (Å²) in [6, 6.07) is 3.63. The molecule has 0 saturated heterocycles. The van der Waals surface area contributed by atoms with Gasteiger partial charge < -0.3 is 14.9 Å². The van der Waals surface area contributed by atoms with Crippen LogP contribution in [0.4, 0.5) is 0 Å². The highest BCUT2D eigenvalue weighted by Gasteiger charge is 2.04. The number of benzene rings is 1. The van der Waals surface area contributed by atoms with E-state index in [1.165, 1.54) is 0 Å². The molecule has 0 radical (unpaired) electrons. The Morgan fingerprint density at radius 2 is 1.65 bits per heavy atom. The minimum absolute atomic E-state index is 0.173.